The quantitative estimate of drug-likeness (QED) is 0.797. The van der Waals surface area contributed by atoms with Gasteiger partial charge in [-0.05, 0) is 29.8 Å². The van der Waals surface area contributed by atoms with Gasteiger partial charge < -0.3 is 15.6 Å². The van der Waals surface area contributed by atoms with Gasteiger partial charge in [-0.25, -0.2) is 0 Å². The Morgan fingerprint density at radius 2 is 1.96 bits per heavy atom. The first-order valence-corrected chi connectivity index (χ1v) is 7.76. The van der Waals surface area contributed by atoms with Crippen LogP contribution in [0, 0.1) is 0 Å². The van der Waals surface area contributed by atoms with Crippen LogP contribution in [0.25, 0.3) is 0 Å². The fourth-order valence-electron chi connectivity index (χ4n) is 2.48. The van der Waals surface area contributed by atoms with E-state index in [4.69, 9.17) is 33.7 Å². The molecule has 126 valence electrons. The van der Waals surface area contributed by atoms with E-state index in [1.165, 1.54) is 19.5 Å². The number of pyridine rings is 1. The SMILES string of the molecule is CN=C/C(=C\N)C(O)(c1ccncc1)c1c(OC)ccc(Cl)c1Cl. The van der Waals surface area contributed by atoms with Crippen LogP contribution in [0.2, 0.25) is 10.0 Å². The van der Waals surface area contributed by atoms with Crippen LogP contribution < -0.4 is 10.5 Å². The Labute approximate surface area is 150 Å². The third-order valence-corrected chi connectivity index (χ3v) is 4.41. The van der Waals surface area contributed by atoms with Crippen molar-refractivity contribution < 1.29 is 9.84 Å². The van der Waals surface area contributed by atoms with Crippen LogP contribution in [0.4, 0.5) is 0 Å². The highest BCUT2D eigenvalue weighted by molar-refractivity contribution is 6.42. The number of halogens is 2. The van der Waals surface area contributed by atoms with Crippen LogP contribution in [0.1, 0.15) is 11.1 Å². The second-order valence-electron chi connectivity index (χ2n) is 4.89. The van der Waals surface area contributed by atoms with Gasteiger partial charge in [0.05, 0.1) is 22.7 Å². The number of aliphatic hydroxyl groups is 1. The normalized spacial score (nSPS) is 14.6. The van der Waals surface area contributed by atoms with E-state index >= 15 is 0 Å². The molecule has 7 heteroatoms. The molecule has 1 unspecified atom stereocenters. The average molecular weight is 366 g/mol. The summed E-state index contributed by atoms with van der Waals surface area (Å²) in [6.45, 7) is 0. The van der Waals surface area contributed by atoms with E-state index in [1.807, 2.05) is 0 Å². The van der Waals surface area contributed by atoms with Crippen molar-refractivity contribution in [2.45, 2.75) is 5.60 Å². The van der Waals surface area contributed by atoms with Gasteiger partial charge in [0.1, 0.15) is 11.4 Å². The first kappa shape index (κ1) is 18.3. The van der Waals surface area contributed by atoms with Crippen LogP contribution in [-0.2, 0) is 5.60 Å². The summed E-state index contributed by atoms with van der Waals surface area (Å²) in [4.78, 5) is 7.95. The number of aromatic nitrogens is 1. The zero-order valence-electron chi connectivity index (χ0n) is 13.2. The molecule has 3 N–H and O–H groups in total. The van der Waals surface area contributed by atoms with Crippen LogP contribution in [0.3, 0.4) is 0 Å². The summed E-state index contributed by atoms with van der Waals surface area (Å²) in [6.07, 6.45) is 5.84. The Bertz CT molecular complexity index is 779. The third kappa shape index (κ3) is 3.11. The number of rotatable bonds is 5. The summed E-state index contributed by atoms with van der Waals surface area (Å²) in [5, 5.41) is 12.1. The van der Waals surface area contributed by atoms with Crippen molar-refractivity contribution in [1.82, 2.24) is 4.98 Å². The number of ether oxygens (including phenoxy) is 1. The largest absolute Gasteiger partial charge is 0.496 e. The summed E-state index contributed by atoms with van der Waals surface area (Å²) in [5.41, 5.74) is 5.13. The predicted molar refractivity (Wildman–Crippen MR) is 96.9 cm³/mol. The highest BCUT2D eigenvalue weighted by Crippen LogP contribution is 2.46. The van der Waals surface area contributed by atoms with Crippen LogP contribution in [0.15, 0.2) is 53.4 Å². The monoisotopic (exact) mass is 365 g/mol. The number of benzene rings is 1. The number of nitrogens with zero attached hydrogens (tertiary/aromatic N) is 2. The standard InChI is InChI=1S/C17H17Cl2N3O2/c1-21-10-12(9-20)17(23,11-5-7-22-8-6-11)15-14(24-2)4-3-13(18)16(15)19/h3-10,23H,20H2,1-2H3/b12-9+,21-10?. The lowest BCUT2D eigenvalue weighted by Crippen LogP contribution is -2.32. The van der Waals surface area contributed by atoms with E-state index in [1.54, 1.807) is 43.7 Å². The second kappa shape index (κ2) is 7.66. The Hall–Kier alpha value is -2.08. The predicted octanol–water partition coefficient (Wildman–Crippen LogP) is 3.18. The summed E-state index contributed by atoms with van der Waals surface area (Å²) in [6, 6.07) is 6.54. The highest BCUT2D eigenvalue weighted by Gasteiger charge is 2.40. The van der Waals surface area contributed by atoms with E-state index < -0.39 is 5.60 Å². The smallest absolute Gasteiger partial charge is 0.148 e. The number of nitrogens with two attached hydrogens (primary N) is 1. The maximum absolute atomic E-state index is 11.7. The third-order valence-electron chi connectivity index (χ3n) is 3.60. The molecule has 1 aromatic carbocycles. The minimum absolute atomic E-state index is 0.166. The van der Waals surface area contributed by atoms with Gasteiger partial charge >= 0.3 is 0 Å². The van der Waals surface area contributed by atoms with Crippen LogP contribution in [-0.4, -0.2) is 30.5 Å². The summed E-state index contributed by atoms with van der Waals surface area (Å²) < 4.78 is 5.39. The minimum atomic E-state index is -1.72. The van der Waals surface area contributed by atoms with E-state index in [9.17, 15) is 5.11 Å². The first-order valence-electron chi connectivity index (χ1n) is 7.00. The molecule has 0 aliphatic heterocycles. The molecule has 5 nitrogen and oxygen atoms in total. The zero-order valence-corrected chi connectivity index (χ0v) is 14.7. The molecule has 0 saturated heterocycles. The lowest BCUT2D eigenvalue weighted by Gasteiger charge is -2.32. The molecular weight excluding hydrogens is 349 g/mol. The fraction of sp³-hybridized carbons (Fsp3) is 0.176. The summed E-state index contributed by atoms with van der Waals surface area (Å²) in [5.74, 6) is 0.368. The van der Waals surface area contributed by atoms with E-state index in [2.05, 4.69) is 9.98 Å². The maximum atomic E-state index is 11.7. The molecule has 0 bridgehead atoms. The van der Waals surface area contributed by atoms with Crippen molar-refractivity contribution >= 4 is 29.4 Å². The Balaban J connectivity index is 2.90. The molecule has 0 spiro atoms. The van der Waals surface area contributed by atoms with Crippen molar-refractivity contribution in [1.29, 1.82) is 0 Å². The highest BCUT2D eigenvalue weighted by atomic mass is 35.5. The Kier molecular flexibility index (Phi) is 5.83. The van der Waals surface area contributed by atoms with E-state index in [-0.39, 0.29) is 15.6 Å². The van der Waals surface area contributed by atoms with Crippen molar-refractivity contribution in [3.05, 3.63) is 69.6 Å². The van der Waals surface area contributed by atoms with Crippen molar-refractivity contribution in [3.63, 3.8) is 0 Å². The van der Waals surface area contributed by atoms with Gasteiger partial charge in [-0.2, -0.15) is 0 Å². The Morgan fingerprint density at radius 3 is 2.50 bits per heavy atom. The van der Waals surface area contributed by atoms with Gasteiger partial charge in [0.25, 0.3) is 0 Å². The number of aliphatic imine (C=N–C) groups is 1. The van der Waals surface area contributed by atoms with Crippen LogP contribution in [0.5, 0.6) is 5.75 Å². The van der Waals surface area contributed by atoms with Gasteiger partial charge in [-0.3, -0.25) is 9.98 Å². The average Bonchev–Trinajstić information content (AvgIpc) is 2.62. The van der Waals surface area contributed by atoms with Gasteiger partial charge in [-0.1, -0.05) is 23.2 Å². The molecule has 1 heterocycles. The summed E-state index contributed by atoms with van der Waals surface area (Å²) in [7, 11) is 3.06. The molecule has 2 rings (SSSR count). The maximum Gasteiger partial charge on any atom is 0.148 e. The van der Waals surface area contributed by atoms with Crippen LogP contribution >= 0.6 is 23.2 Å². The van der Waals surface area contributed by atoms with Gasteiger partial charge in [0, 0.05) is 37.4 Å². The van der Waals surface area contributed by atoms with Gasteiger partial charge in [-0.15, -0.1) is 0 Å². The lowest BCUT2D eigenvalue weighted by molar-refractivity contribution is 0.124. The van der Waals surface area contributed by atoms with E-state index in [0.717, 1.165) is 0 Å². The van der Waals surface area contributed by atoms with E-state index in [0.29, 0.717) is 16.9 Å². The molecule has 0 saturated carbocycles. The van der Waals surface area contributed by atoms with Crippen molar-refractivity contribution in [2.75, 3.05) is 14.2 Å². The molecule has 0 radical (unpaired) electrons. The number of methoxy groups -OCH3 is 1. The van der Waals surface area contributed by atoms with Crippen molar-refractivity contribution in [3.8, 4) is 5.75 Å². The summed E-state index contributed by atoms with van der Waals surface area (Å²) >= 11 is 12.6. The topological polar surface area (TPSA) is 80.7 Å². The minimum Gasteiger partial charge on any atom is -0.496 e. The number of hydrogen-bond acceptors (Lipinski definition) is 5. The second-order valence-corrected chi connectivity index (χ2v) is 5.68. The molecule has 1 aromatic heterocycles. The Morgan fingerprint density at radius 1 is 1.29 bits per heavy atom. The van der Waals surface area contributed by atoms with Crippen molar-refractivity contribution in [2.24, 2.45) is 10.7 Å². The molecular formula is C17H17Cl2N3O2. The van der Waals surface area contributed by atoms with Gasteiger partial charge in [0.2, 0.25) is 0 Å². The van der Waals surface area contributed by atoms with Gasteiger partial charge in [0.15, 0.2) is 0 Å². The fourth-order valence-corrected chi connectivity index (χ4v) is 2.94. The molecule has 0 aliphatic rings. The lowest BCUT2D eigenvalue weighted by atomic mass is 9.80. The molecule has 2 aromatic rings. The zero-order chi connectivity index (χ0) is 17.7. The molecule has 1 atom stereocenters. The first-order chi connectivity index (χ1) is 11.5. The molecule has 24 heavy (non-hydrogen) atoms. The number of hydrogen-bond donors (Lipinski definition) is 2. The molecule has 0 fully saturated rings. The molecule has 0 aliphatic carbocycles. The molecule has 0 amide bonds.